The van der Waals surface area contributed by atoms with Gasteiger partial charge in [-0.2, -0.15) is 0 Å². The van der Waals surface area contributed by atoms with Crippen molar-refractivity contribution >= 4 is 15.9 Å². The number of halogens is 1. The highest BCUT2D eigenvalue weighted by atomic mass is 79.9. The molecule has 4 aromatic rings. The van der Waals surface area contributed by atoms with E-state index < -0.39 is 0 Å². The number of rotatable bonds is 3. The second kappa shape index (κ2) is 9.43. The van der Waals surface area contributed by atoms with Crippen molar-refractivity contribution in [3.8, 4) is 33.4 Å². The van der Waals surface area contributed by atoms with Gasteiger partial charge in [-0.05, 0) is 105 Å². The molecule has 0 bridgehead atoms. The fourth-order valence-corrected chi connectivity index (χ4v) is 4.99. The summed E-state index contributed by atoms with van der Waals surface area (Å²) in [6, 6.07) is 29.7. The van der Waals surface area contributed by atoms with Gasteiger partial charge in [-0.25, -0.2) is 0 Å². The lowest BCUT2D eigenvalue weighted by Gasteiger charge is -2.20. The molecule has 35 heavy (non-hydrogen) atoms. The van der Waals surface area contributed by atoms with Crippen molar-refractivity contribution in [2.75, 3.05) is 0 Å². The first kappa shape index (κ1) is 25.5. The monoisotopic (exact) mass is 524 g/mol. The zero-order chi connectivity index (χ0) is 25.5. The van der Waals surface area contributed by atoms with Gasteiger partial charge in [0.25, 0.3) is 0 Å². The minimum Gasteiger partial charge on any atom is -0.0579 e. The maximum Gasteiger partial charge on any atom is 0.0207 e. The van der Waals surface area contributed by atoms with Crippen LogP contribution in [0.25, 0.3) is 33.4 Å². The molecular weight excluding hydrogens is 488 g/mol. The van der Waals surface area contributed by atoms with E-state index in [2.05, 4.69) is 150 Å². The number of hydrogen-bond acceptors (Lipinski definition) is 0. The molecule has 0 heterocycles. The van der Waals surface area contributed by atoms with Crippen LogP contribution in [0.15, 0.2) is 83.3 Å². The van der Waals surface area contributed by atoms with Gasteiger partial charge in [0.05, 0.1) is 0 Å². The lowest BCUT2D eigenvalue weighted by molar-refractivity contribution is 0.590. The average Bonchev–Trinajstić information content (AvgIpc) is 2.80. The van der Waals surface area contributed by atoms with Gasteiger partial charge in [-0.1, -0.05) is 112 Å². The summed E-state index contributed by atoms with van der Waals surface area (Å²) in [7, 11) is 0. The Hall–Kier alpha value is -2.64. The van der Waals surface area contributed by atoms with Crippen LogP contribution in [0.5, 0.6) is 0 Å². The van der Waals surface area contributed by atoms with Crippen LogP contribution in [0, 0.1) is 13.8 Å². The summed E-state index contributed by atoms with van der Waals surface area (Å²) in [6.45, 7) is 17.9. The van der Waals surface area contributed by atoms with Crippen molar-refractivity contribution in [3.05, 3.63) is 106 Å². The molecule has 0 aliphatic rings. The first-order valence-corrected chi connectivity index (χ1v) is 13.3. The van der Waals surface area contributed by atoms with E-state index in [1.165, 1.54) is 55.6 Å². The molecule has 0 nitrogen and oxygen atoms in total. The third-order valence-corrected chi connectivity index (χ3v) is 7.77. The molecule has 0 aliphatic heterocycles. The molecule has 4 rings (SSSR count). The molecule has 0 saturated carbocycles. The maximum atomic E-state index is 3.70. The van der Waals surface area contributed by atoms with Crippen molar-refractivity contribution in [3.63, 3.8) is 0 Å². The van der Waals surface area contributed by atoms with Gasteiger partial charge in [-0.3, -0.25) is 0 Å². The Morgan fingerprint density at radius 1 is 0.457 bits per heavy atom. The maximum absolute atomic E-state index is 3.70. The van der Waals surface area contributed by atoms with Crippen LogP contribution >= 0.6 is 15.9 Å². The predicted molar refractivity (Wildman–Crippen MR) is 157 cm³/mol. The Labute approximate surface area is 220 Å². The van der Waals surface area contributed by atoms with Crippen LogP contribution in [0.4, 0.5) is 0 Å². The third kappa shape index (κ3) is 5.62. The minimum atomic E-state index is 0.145. The zero-order valence-corrected chi connectivity index (χ0v) is 24.0. The standard InChI is InChI=1S/C34H37Br/c1-22-18-32(35)23(2)17-31(22)28-20-26(24-9-13-29(14-10-24)33(3,4)5)19-27(21-28)25-11-15-30(16-12-25)34(6,7)8/h9-21H,1-8H3. The largest absolute Gasteiger partial charge is 0.0579 e. The smallest absolute Gasteiger partial charge is 0.0207 e. The van der Waals surface area contributed by atoms with Gasteiger partial charge in [-0.15, -0.1) is 0 Å². The SMILES string of the molecule is Cc1cc(-c2cc(-c3ccc(C(C)(C)C)cc3)cc(-c3ccc(C(C)(C)C)cc3)c2)c(C)cc1Br. The number of aryl methyl sites for hydroxylation is 2. The Bertz CT molecular complexity index is 1270. The summed E-state index contributed by atoms with van der Waals surface area (Å²) < 4.78 is 1.16. The van der Waals surface area contributed by atoms with E-state index in [0.717, 1.165) is 4.47 Å². The molecule has 0 aromatic heterocycles. The average molecular weight is 526 g/mol. The van der Waals surface area contributed by atoms with Crippen LogP contribution in [-0.4, -0.2) is 0 Å². The van der Waals surface area contributed by atoms with E-state index in [1.807, 2.05) is 0 Å². The zero-order valence-electron chi connectivity index (χ0n) is 22.4. The molecule has 0 radical (unpaired) electrons. The first-order chi connectivity index (χ1) is 16.3. The van der Waals surface area contributed by atoms with E-state index in [4.69, 9.17) is 0 Å². The summed E-state index contributed by atoms with van der Waals surface area (Å²) in [6.07, 6.45) is 0. The van der Waals surface area contributed by atoms with E-state index in [0.29, 0.717) is 0 Å². The summed E-state index contributed by atoms with van der Waals surface area (Å²) >= 11 is 3.70. The molecule has 0 fully saturated rings. The van der Waals surface area contributed by atoms with Crippen molar-refractivity contribution in [2.45, 2.75) is 66.2 Å². The second-order valence-electron chi connectivity index (χ2n) is 11.9. The fourth-order valence-electron chi connectivity index (χ4n) is 4.53. The molecule has 0 atom stereocenters. The summed E-state index contributed by atoms with van der Waals surface area (Å²) in [5, 5.41) is 0. The van der Waals surface area contributed by atoms with Crippen molar-refractivity contribution < 1.29 is 0 Å². The molecule has 0 unspecified atom stereocenters. The van der Waals surface area contributed by atoms with E-state index in [1.54, 1.807) is 0 Å². The Kier molecular flexibility index (Phi) is 6.86. The van der Waals surface area contributed by atoms with Crippen molar-refractivity contribution in [1.82, 2.24) is 0 Å². The van der Waals surface area contributed by atoms with E-state index in [9.17, 15) is 0 Å². The van der Waals surface area contributed by atoms with Gasteiger partial charge in [0.2, 0.25) is 0 Å². The highest BCUT2D eigenvalue weighted by Crippen LogP contribution is 2.37. The lowest BCUT2D eigenvalue weighted by Crippen LogP contribution is -2.10. The van der Waals surface area contributed by atoms with Crippen molar-refractivity contribution in [1.29, 1.82) is 0 Å². The Morgan fingerprint density at radius 3 is 1.26 bits per heavy atom. The number of hydrogen-bond donors (Lipinski definition) is 0. The first-order valence-electron chi connectivity index (χ1n) is 12.5. The van der Waals surface area contributed by atoms with Gasteiger partial charge < -0.3 is 0 Å². The van der Waals surface area contributed by atoms with Crippen LogP contribution in [0.1, 0.15) is 63.8 Å². The molecular formula is C34H37Br. The van der Waals surface area contributed by atoms with E-state index >= 15 is 0 Å². The second-order valence-corrected chi connectivity index (χ2v) is 12.7. The minimum absolute atomic E-state index is 0.145. The van der Waals surface area contributed by atoms with Gasteiger partial charge in [0.15, 0.2) is 0 Å². The van der Waals surface area contributed by atoms with Crippen LogP contribution < -0.4 is 0 Å². The highest BCUT2D eigenvalue weighted by molar-refractivity contribution is 9.10. The fraction of sp³-hybridized carbons (Fsp3) is 0.294. The molecule has 0 aliphatic carbocycles. The third-order valence-electron chi connectivity index (χ3n) is 6.92. The molecule has 0 saturated heterocycles. The summed E-state index contributed by atoms with van der Waals surface area (Å²) in [5.74, 6) is 0. The van der Waals surface area contributed by atoms with Gasteiger partial charge in [0.1, 0.15) is 0 Å². The van der Waals surface area contributed by atoms with E-state index in [-0.39, 0.29) is 10.8 Å². The van der Waals surface area contributed by atoms with Crippen LogP contribution in [0.3, 0.4) is 0 Å². The van der Waals surface area contributed by atoms with Gasteiger partial charge in [0, 0.05) is 4.47 Å². The van der Waals surface area contributed by atoms with Gasteiger partial charge >= 0.3 is 0 Å². The quantitative estimate of drug-likeness (QED) is 0.250. The topological polar surface area (TPSA) is 0 Å². The molecule has 0 amide bonds. The van der Waals surface area contributed by atoms with Crippen LogP contribution in [-0.2, 0) is 10.8 Å². The Morgan fingerprint density at radius 2 is 0.857 bits per heavy atom. The number of benzene rings is 4. The normalized spacial score (nSPS) is 12.1. The van der Waals surface area contributed by atoms with Crippen molar-refractivity contribution in [2.24, 2.45) is 0 Å². The molecule has 1 heteroatoms. The highest BCUT2D eigenvalue weighted by Gasteiger charge is 2.16. The molecule has 0 spiro atoms. The summed E-state index contributed by atoms with van der Waals surface area (Å²) in [4.78, 5) is 0. The summed E-state index contributed by atoms with van der Waals surface area (Å²) in [5.41, 5.74) is 13.1. The van der Waals surface area contributed by atoms with Crippen LogP contribution in [0.2, 0.25) is 0 Å². The molecule has 0 N–H and O–H groups in total. The molecule has 4 aromatic carbocycles. The Balaban J connectivity index is 1.88. The molecule has 180 valence electrons. The predicted octanol–water partition coefficient (Wildman–Crippen LogP) is 10.7. The lowest BCUT2D eigenvalue weighted by atomic mass is 9.85.